The maximum absolute atomic E-state index is 13.7. The van der Waals surface area contributed by atoms with E-state index in [1.807, 2.05) is 12.1 Å². The van der Waals surface area contributed by atoms with Crippen LogP contribution in [-0.2, 0) is 9.53 Å². The molecule has 1 N–H and O–H groups in total. The lowest BCUT2D eigenvalue weighted by atomic mass is 10.2. The average Bonchev–Trinajstić information content (AvgIpc) is 2.58. The van der Waals surface area contributed by atoms with Gasteiger partial charge in [-0.1, -0.05) is 11.6 Å². The van der Waals surface area contributed by atoms with Crippen molar-refractivity contribution in [1.82, 2.24) is 0 Å². The monoisotopic (exact) mass is 367 g/mol. The molecule has 4 nitrogen and oxygen atoms in total. The Morgan fingerprint density at radius 3 is 2.58 bits per heavy atom. The number of halogens is 2. The first kappa shape index (κ1) is 18.3. The quantitative estimate of drug-likeness (QED) is 0.607. The van der Waals surface area contributed by atoms with Gasteiger partial charge in [-0.2, -0.15) is 0 Å². The molecule has 0 saturated heterocycles. The van der Waals surface area contributed by atoms with E-state index in [2.05, 4.69) is 10.1 Å². The van der Waals surface area contributed by atoms with Crippen LogP contribution in [0.15, 0.2) is 47.4 Å². The van der Waals surface area contributed by atoms with Crippen molar-refractivity contribution in [2.24, 2.45) is 0 Å². The summed E-state index contributed by atoms with van der Waals surface area (Å²) in [5.74, 6) is -1.01. The van der Waals surface area contributed by atoms with Crippen LogP contribution in [0.3, 0.4) is 0 Å². The fourth-order valence-electron chi connectivity index (χ4n) is 1.87. The van der Waals surface area contributed by atoms with Crippen molar-refractivity contribution < 1.29 is 18.7 Å². The Morgan fingerprint density at radius 2 is 1.92 bits per heavy atom. The Hall–Kier alpha value is -2.05. The van der Waals surface area contributed by atoms with E-state index in [0.717, 1.165) is 11.0 Å². The second-order valence-corrected chi connectivity index (χ2v) is 6.39. The predicted octanol–water partition coefficient (Wildman–Crippen LogP) is 4.39. The van der Waals surface area contributed by atoms with Crippen LogP contribution in [0, 0.1) is 5.82 Å². The molecule has 2 aromatic rings. The minimum atomic E-state index is -0.610. The van der Waals surface area contributed by atoms with Gasteiger partial charge in [0.25, 0.3) is 0 Å². The number of benzene rings is 2. The molecular formula is C17H15ClFNO3S. The molecule has 0 aromatic heterocycles. The molecule has 2 aromatic carbocycles. The highest BCUT2D eigenvalue weighted by molar-refractivity contribution is 7.99. The molecule has 0 radical (unpaired) electrons. The Bertz CT molecular complexity index is 737. The van der Waals surface area contributed by atoms with Gasteiger partial charge in [-0.05, 0) is 42.5 Å². The summed E-state index contributed by atoms with van der Waals surface area (Å²) in [4.78, 5) is 24.4. The maximum atomic E-state index is 13.7. The number of carbonyl (C=O) groups excluding carboxylic acids is 2. The van der Waals surface area contributed by atoms with Gasteiger partial charge in [-0.15, -0.1) is 11.8 Å². The predicted molar refractivity (Wildman–Crippen MR) is 93.2 cm³/mol. The number of esters is 1. The first-order valence-corrected chi connectivity index (χ1v) is 8.42. The SMILES string of the molecule is COC(=O)c1ccc(F)c(NC(=O)CCSc2ccc(Cl)cc2)c1. The molecule has 7 heteroatoms. The molecule has 0 fully saturated rings. The highest BCUT2D eigenvalue weighted by Gasteiger charge is 2.12. The molecule has 126 valence electrons. The van der Waals surface area contributed by atoms with Crippen LogP contribution in [0.25, 0.3) is 0 Å². The highest BCUT2D eigenvalue weighted by atomic mass is 35.5. The van der Waals surface area contributed by atoms with Crippen LogP contribution in [0.4, 0.5) is 10.1 Å². The van der Waals surface area contributed by atoms with E-state index in [4.69, 9.17) is 11.6 Å². The second kappa shape index (κ2) is 8.70. The molecule has 0 aliphatic rings. The van der Waals surface area contributed by atoms with Crippen LogP contribution < -0.4 is 5.32 Å². The van der Waals surface area contributed by atoms with Gasteiger partial charge in [0.1, 0.15) is 5.82 Å². The molecule has 0 atom stereocenters. The van der Waals surface area contributed by atoms with E-state index in [-0.39, 0.29) is 23.6 Å². The van der Waals surface area contributed by atoms with Gasteiger partial charge in [0.05, 0.1) is 18.4 Å². The van der Waals surface area contributed by atoms with Gasteiger partial charge in [0.15, 0.2) is 0 Å². The fourth-order valence-corrected chi connectivity index (χ4v) is 2.85. The number of methoxy groups -OCH3 is 1. The van der Waals surface area contributed by atoms with Crippen molar-refractivity contribution in [1.29, 1.82) is 0 Å². The molecule has 0 spiro atoms. The highest BCUT2D eigenvalue weighted by Crippen LogP contribution is 2.22. The topological polar surface area (TPSA) is 55.4 Å². The minimum Gasteiger partial charge on any atom is -0.465 e. The van der Waals surface area contributed by atoms with Gasteiger partial charge >= 0.3 is 5.97 Å². The third-order valence-electron chi connectivity index (χ3n) is 3.07. The molecule has 0 aliphatic carbocycles. The van der Waals surface area contributed by atoms with E-state index < -0.39 is 11.8 Å². The first-order chi connectivity index (χ1) is 11.5. The summed E-state index contributed by atoms with van der Waals surface area (Å²) in [6, 6.07) is 11.0. The third-order valence-corrected chi connectivity index (χ3v) is 4.34. The molecule has 1 amide bonds. The first-order valence-electron chi connectivity index (χ1n) is 7.05. The number of amides is 1. The van der Waals surface area contributed by atoms with Crippen LogP contribution in [0.1, 0.15) is 16.8 Å². The Morgan fingerprint density at radius 1 is 1.21 bits per heavy atom. The number of carbonyl (C=O) groups is 2. The molecule has 0 bridgehead atoms. The van der Waals surface area contributed by atoms with Gasteiger partial charge in [-0.25, -0.2) is 9.18 Å². The lowest BCUT2D eigenvalue weighted by Gasteiger charge is -2.08. The van der Waals surface area contributed by atoms with Crippen molar-refractivity contribution >= 4 is 40.9 Å². The molecular weight excluding hydrogens is 353 g/mol. The zero-order valence-electron chi connectivity index (χ0n) is 12.8. The van der Waals surface area contributed by atoms with Crippen molar-refractivity contribution in [3.8, 4) is 0 Å². The molecule has 0 saturated carbocycles. The van der Waals surface area contributed by atoms with Crippen molar-refractivity contribution in [2.45, 2.75) is 11.3 Å². The summed E-state index contributed by atoms with van der Waals surface area (Å²) in [6.07, 6.45) is 0.204. The van der Waals surface area contributed by atoms with Crippen molar-refractivity contribution in [3.05, 3.63) is 58.9 Å². The summed E-state index contributed by atoms with van der Waals surface area (Å²) in [6.45, 7) is 0. The van der Waals surface area contributed by atoms with Crippen LogP contribution >= 0.6 is 23.4 Å². The fraction of sp³-hybridized carbons (Fsp3) is 0.176. The number of rotatable bonds is 6. The number of thioether (sulfide) groups is 1. The van der Waals surface area contributed by atoms with Crippen LogP contribution in [0.2, 0.25) is 5.02 Å². The molecule has 2 rings (SSSR count). The van der Waals surface area contributed by atoms with E-state index in [1.54, 1.807) is 12.1 Å². The average molecular weight is 368 g/mol. The summed E-state index contributed by atoms with van der Waals surface area (Å²) in [5.41, 5.74) is 0.129. The van der Waals surface area contributed by atoms with Crippen LogP contribution in [-0.4, -0.2) is 24.7 Å². The summed E-state index contributed by atoms with van der Waals surface area (Å²) in [5, 5.41) is 3.12. The largest absolute Gasteiger partial charge is 0.465 e. The number of anilines is 1. The third kappa shape index (κ3) is 5.25. The maximum Gasteiger partial charge on any atom is 0.337 e. The van der Waals surface area contributed by atoms with E-state index in [9.17, 15) is 14.0 Å². The Balaban J connectivity index is 1.90. The lowest BCUT2D eigenvalue weighted by Crippen LogP contribution is -2.14. The minimum absolute atomic E-state index is 0.0422. The standard InChI is InChI=1S/C17H15ClFNO3S/c1-23-17(22)11-2-7-14(19)15(10-11)20-16(21)8-9-24-13-5-3-12(18)4-6-13/h2-7,10H,8-9H2,1H3,(H,20,21). The van der Waals surface area contributed by atoms with Crippen molar-refractivity contribution in [3.63, 3.8) is 0 Å². The number of nitrogens with one attached hydrogen (secondary N) is 1. The van der Waals surface area contributed by atoms with Gasteiger partial charge < -0.3 is 10.1 Å². The second-order valence-electron chi connectivity index (χ2n) is 4.79. The number of ether oxygens (including phenoxy) is 1. The summed E-state index contributed by atoms with van der Waals surface area (Å²) < 4.78 is 18.3. The lowest BCUT2D eigenvalue weighted by molar-refractivity contribution is -0.115. The smallest absolute Gasteiger partial charge is 0.337 e. The van der Waals surface area contributed by atoms with E-state index in [1.165, 1.54) is 31.0 Å². The van der Waals surface area contributed by atoms with Gasteiger partial charge in [0.2, 0.25) is 5.91 Å². The zero-order valence-corrected chi connectivity index (χ0v) is 14.4. The number of hydrogen-bond donors (Lipinski definition) is 1. The Labute approximate surface area is 148 Å². The summed E-state index contributed by atoms with van der Waals surface area (Å²) >= 11 is 7.30. The van der Waals surface area contributed by atoms with Crippen LogP contribution in [0.5, 0.6) is 0 Å². The normalized spacial score (nSPS) is 10.3. The molecule has 0 unspecified atom stereocenters. The van der Waals surface area contributed by atoms with E-state index >= 15 is 0 Å². The molecule has 0 heterocycles. The van der Waals surface area contributed by atoms with Gasteiger partial charge in [-0.3, -0.25) is 4.79 Å². The van der Waals surface area contributed by atoms with E-state index in [0.29, 0.717) is 10.8 Å². The number of hydrogen-bond acceptors (Lipinski definition) is 4. The Kier molecular flexibility index (Phi) is 6.63. The zero-order chi connectivity index (χ0) is 17.5. The van der Waals surface area contributed by atoms with Crippen molar-refractivity contribution in [2.75, 3.05) is 18.2 Å². The molecule has 0 aliphatic heterocycles. The summed E-state index contributed by atoms with van der Waals surface area (Å²) in [7, 11) is 1.23. The van der Waals surface area contributed by atoms with Gasteiger partial charge in [0, 0.05) is 22.1 Å². The molecule has 24 heavy (non-hydrogen) atoms.